The van der Waals surface area contributed by atoms with Gasteiger partial charge in [-0.25, -0.2) is 8.42 Å². The molecule has 0 atom stereocenters. The Bertz CT molecular complexity index is 1440. The SMILES string of the molecule is CN1/C(=C/c2sc3ccccc3[n+]2CCS(=O)(=O)[O-])Oc2ccc(-c3ccccc3)cc21. The molecule has 1 aromatic heterocycles. The van der Waals surface area contributed by atoms with Gasteiger partial charge in [-0.15, -0.1) is 0 Å². The largest absolute Gasteiger partial charge is 0.748 e. The molecule has 3 aromatic carbocycles. The minimum absolute atomic E-state index is 0.0871. The lowest BCUT2D eigenvalue weighted by atomic mass is 10.0. The molecule has 5 rings (SSSR count). The van der Waals surface area contributed by atoms with Crippen LogP contribution >= 0.6 is 11.3 Å². The van der Waals surface area contributed by atoms with Gasteiger partial charge in [0.1, 0.15) is 14.8 Å². The van der Waals surface area contributed by atoms with E-state index in [0.29, 0.717) is 5.88 Å². The van der Waals surface area contributed by atoms with Crippen LogP contribution in [0.2, 0.25) is 0 Å². The van der Waals surface area contributed by atoms with Crippen LogP contribution in [-0.2, 0) is 16.7 Å². The number of rotatable bonds is 5. The molecule has 0 saturated heterocycles. The molecule has 8 heteroatoms. The van der Waals surface area contributed by atoms with Crippen LogP contribution in [0.4, 0.5) is 5.69 Å². The summed E-state index contributed by atoms with van der Waals surface area (Å²) in [7, 11) is -2.39. The molecular formula is C24H20N2O4S2. The van der Waals surface area contributed by atoms with Crippen LogP contribution in [0.15, 0.2) is 78.7 Å². The van der Waals surface area contributed by atoms with Crippen LogP contribution in [0, 0.1) is 0 Å². The van der Waals surface area contributed by atoms with Gasteiger partial charge in [-0.2, -0.15) is 4.57 Å². The molecule has 0 amide bonds. The molecule has 4 aromatic rings. The zero-order valence-electron chi connectivity index (χ0n) is 17.3. The first-order chi connectivity index (χ1) is 15.4. The van der Waals surface area contributed by atoms with E-state index < -0.39 is 15.9 Å². The summed E-state index contributed by atoms with van der Waals surface area (Å²) in [6.45, 7) is 0.0871. The van der Waals surface area contributed by atoms with Crippen molar-refractivity contribution in [1.82, 2.24) is 0 Å². The standard InChI is InChI=1S/C24H20N2O4S2/c1-25-20-15-18(17-7-3-2-4-8-17)11-12-21(20)30-23(25)16-24-26(13-14-32(27,28)29)19-9-5-6-10-22(19)31-24/h2-12,15-16H,13-14H2,1H3. The van der Waals surface area contributed by atoms with Crippen LogP contribution in [0.5, 0.6) is 5.75 Å². The van der Waals surface area contributed by atoms with Gasteiger partial charge in [-0.05, 0) is 29.3 Å². The van der Waals surface area contributed by atoms with Crippen molar-refractivity contribution in [1.29, 1.82) is 0 Å². The lowest BCUT2D eigenvalue weighted by molar-refractivity contribution is -0.664. The van der Waals surface area contributed by atoms with E-state index in [4.69, 9.17) is 4.74 Å². The minimum Gasteiger partial charge on any atom is -0.748 e. The maximum Gasteiger partial charge on any atom is 0.268 e. The molecule has 0 radical (unpaired) electrons. The van der Waals surface area contributed by atoms with Crippen molar-refractivity contribution in [2.24, 2.45) is 0 Å². The van der Waals surface area contributed by atoms with E-state index in [9.17, 15) is 13.0 Å². The number of aromatic nitrogens is 1. The van der Waals surface area contributed by atoms with Gasteiger partial charge in [-0.3, -0.25) is 0 Å². The first kappa shape index (κ1) is 20.7. The summed E-state index contributed by atoms with van der Waals surface area (Å²) >= 11 is 1.53. The smallest absolute Gasteiger partial charge is 0.268 e. The Labute approximate surface area is 190 Å². The fraction of sp³-hybridized carbons (Fsp3) is 0.125. The van der Waals surface area contributed by atoms with Crippen molar-refractivity contribution in [2.75, 3.05) is 17.7 Å². The Morgan fingerprint density at radius 2 is 1.78 bits per heavy atom. The second-order valence-corrected chi connectivity index (χ2v) is 10.1. The highest BCUT2D eigenvalue weighted by Crippen LogP contribution is 2.41. The van der Waals surface area contributed by atoms with Gasteiger partial charge in [-0.1, -0.05) is 59.9 Å². The monoisotopic (exact) mass is 464 g/mol. The van der Waals surface area contributed by atoms with Crippen molar-refractivity contribution >= 4 is 43.4 Å². The van der Waals surface area contributed by atoms with Crippen molar-refractivity contribution in [3.63, 3.8) is 0 Å². The number of nitrogens with zero attached hydrogens (tertiary/aromatic N) is 2. The molecule has 2 heterocycles. The maximum absolute atomic E-state index is 11.3. The summed E-state index contributed by atoms with van der Waals surface area (Å²) in [6.07, 6.45) is 1.89. The van der Waals surface area contributed by atoms with Crippen LogP contribution in [0.1, 0.15) is 5.01 Å². The van der Waals surface area contributed by atoms with Gasteiger partial charge >= 0.3 is 0 Å². The lowest BCUT2D eigenvalue weighted by Crippen LogP contribution is -2.38. The van der Waals surface area contributed by atoms with E-state index in [1.165, 1.54) is 11.3 Å². The third-order valence-electron chi connectivity index (χ3n) is 5.42. The minimum atomic E-state index is -4.33. The molecule has 0 spiro atoms. The maximum atomic E-state index is 11.3. The third kappa shape index (κ3) is 4.00. The van der Waals surface area contributed by atoms with Gasteiger partial charge in [0, 0.05) is 13.1 Å². The number of ether oxygens (including phenoxy) is 1. The highest BCUT2D eigenvalue weighted by Gasteiger charge is 2.27. The number of thiazole rings is 1. The number of anilines is 1. The van der Waals surface area contributed by atoms with Gasteiger partial charge in [0.2, 0.25) is 11.4 Å². The van der Waals surface area contributed by atoms with E-state index >= 15 is 0 Å². The summed E-state index contributed by atoms with van der Waals surface area (Å²) in [5.74, 6) is 0.926. The molecule has 0 bridgehead atoms. The lowest BCUT2D eigenvalue weighted by Gasteiger charge is -2.11. The average Bonchev–Trinajstić information content (AvgIpc) is 3.29. The Morgan fingerprint density at radius 3 is 2.56 bits per heavy atom. The number of hydrogen-bond donors (Lipinski definition) is 0. The molecule has 0 unspecified atom stereocenters. The van der Waals surface area contributed by atoms with Crippen molar-refractivity contribution in [3.8, 4) is 16.9 Å². The highest BCUT2D eigenvalue weighted by atomic mass is 32.2. The summed E-state index contributed by atoms with van der Waals surface area (Å²) in [4.78, 5) is 1.97. The van der Waals surface area contributed by atoms with Gasteiger partial charge in [0.25, 0.3) is 5.01 Å². The van der Waals surface area contributed by atoms with Crippen LogP contribution in [0.3, 0.4) is 0 Å². The summed E-state index contributed by atoms with van der Waals surface area (Å²) in [5, 5.41) is 0.813. The zero-order chi connectivity index (χ0) is 22.3. The Balaban J connectivity index is 1.52. The third-order valence-corrected chi connectivity index (χ3v) is 7.22. The van der Waals surface area contributed by atoms with Gasteiger partial charge in [0.05, 0.1) is 17.5 Å². The van der Waals surface area contributed by atoms with Crippen molar-refractivity contribution in [3.05, 3.63) is 83.7 Å². The van der Waals surface area contributed by atoms with Crippen LogP contribution in [-0.4, -0.2) is 25.8 Å². The first-order valence-electron chi connectivity index (χ1n) is 10.1. The second-order valence-electron chi connectivity index (χ2n) is 7.51. The molecule has 162 valence electrons. The molecular weight excluding hydrogens is 444 g/mol. The van der Waals surface area contributed by atoms with Crippen LogP contribution in [0.25, 0.3) is 27.4 Å². The number of aryl methyl sites for hydroxylation is 1. The molecule has 0 N–H and O–H groups in total. The molecule has 1 aliphatic rings. The summed E-state index contributed by atoms with van der Waals surface area (Å²) < 4.78 is 42.7. The fourth-order valence-corrected chi connectivity index (χ4v) is 5.32. The number of fused-ring (bicyclic) bond motifs is 2. The quantitative estimate of drug-likeness (QED) is 0.326. The zero-order valence-corrected chi connectivity index (χ0v) is 18.9. The van der Waals surface area contributed by atoms with Crippen molar-refractivity contribution < 1.29 is 22.3 Å². The number of para-hydroxylation sites is 1. The molecule has 1 aliphatic heterocycles. The highest BCUT2D eigenvalue weighted by molar-refractivity contribution is 7.85. The predicted molar refractivity (Wildman–Crippen MR) is 125 cm³/mol. The van der Waals surface area contributed by atoms with E-state index in [-0.39, 0.29) is 6.54 Å². The molecule has 0 aliphatic carbocycles. The van der Waals surface area contributed by atoms with E-state index in [1.54, 1.807) is 0 Å². The predicted octanol–water partition coefficient (Wildman–Crippen LogP) is 4.23. The van der Waals surface area contributed by atoms with E-state index in [2.05, 4.69) is 18.2 Å². The Morgan fingerprint density at radius 1 is 1.03 bits per heavy atom. The molecule has 0 fully saturated rings. The molecule has 32 heavy (non-hydrogen) atoms. The Kier molecular flexibility index (Phi) is 5.21. The van der Waals surface area contributed by atoms with E-state index in [1.807, 2.05) is 77.2 Å². The average molecular weight is 465 g/mol. The normalized spacial score (nSPS) is 14.7. The summed E-state index contributed by atoms with van der Waals surface area (Å²) in [6, 6.07) is 24.0. The molecule has 6 nitrogen and oxygen atoms in total. The first-order valence-corrected chi connectivity index (χ1v) is 12.5. The Hall–Kier alpha value is -3.20. The number of benzene rings is 3. The van der Waals surface area contributed by atoms with E-state index in [0.717, 1.165) is 37.8 Å². The van der Waals surface area contributed by atoms with Gasteiger partial charge < -0.3 is 14.2 Å². The second kappa shape index (κ2) is 8.05. The van der Waals surface area contributed by atoms with Gasteiger partial charge in [0.15, 0.2) is 12.3 Å². The summed E-state index contributed by atoms with van der Waals surface area (Å²) in [5.41, 5.74) is 4.06. The van der Waals surface area contributed by atoms with Crippen LogP contribution < -0.4 is 14.2 Å². The number of hydrogen-bond acceptors (Lipinski definition) is 6. The fourth-order valence-electron chi connectivity index (χ4n) is 3.80. The van der Waals surface area contributed by atoms with Crippen molar-refractivity contribution in [2.45, 2.75) is 6.54 Å². The topological polar surface area (TPSA) is 73.6 Å². The molecule has 0 saturated carbocycles.